The highest BCUT2D eigenvalue weighted by Crippen LogP contribution is 2.13. The highest BCUT2D eigenvalue weighted by Gasteiger charge is 2.06. The van der Waals surface area contributed by atoms with Gasteiger partial charge in [0.15, 0.2) is 0 Å². The summed E-state index contributed by atoms with van der Waals surface area (Å²) >= 11 is 0. The lowest BCUT2D eigenvalue weighted by Crippen LogP contribution is -2.12. The summed E-state index contributed by atoms with van der Waals surface area (Å²) in [5.74, 6) is 0.637. The number of amides is 1. The number of pyridine rings is 1. The maximum atomic E-state index is 12.2. The van der Waals surface area contributed by atoms with Crippen LogP contribution in [0.2, 0.25) is 0 Å². The Balaban J connectivity index is 1.59. The Morgan fingerprint density at radius 3 is 2.54 bits per heavy atom. The van der Waals surface area contributed by atoms with E-state index in [4.69, 9.17) is 0 Å². The number of hydrogen-bond donors (Lipinski definition) is 2. The lowest BCUT2D eigenvalue weighted by Gasteiger charge is -2.08. The van der Waals surface area contributed by atoms with Gasteiger partial charge in [0.05, 0.1) is 11.9 Å². The SMILES string of the molecule is Cc1cccc(C(=O)Nc2ccc(NCc3ccccc3)nc2)c1. The molecule has 2 aromatic carbocycles. The quantitative estimate of drug-likeness (QED) is 0.739. The molecule has 0 unspecified atom stereocenters. The molecule has 2 N–H and O–H groups in total. The summed E-state index contributed by atoms with van der Waals surface area (Å²) < 4.78 is 0. The lowest BCUT2D eigenvalue weighted by molar-refractivity contribution is 0.102. The summed E-state index contributed by atoms with van der Waals surface area (Å²) in [4.78, 5) is 16.5. The molecule has 1 heterocycles. The van der Waals surface area contributed by atoms with E-state index in [1.807, 2.05) is 55.5 Å². The molecule has 0 aliphatic heterocycles. The number of hydrogen-bond acceptors (Lipinski definition) is 3. The van der Waals surface area contributed by atoms with Crippen LogP contribution in [0.5, 0.6) is 0 Å². The van der Waals surface area contributed by atoms with Gasteiger partial charge in [-0.05, 0) is 36.8 Å². The number of aromatic nitrogens is 1. The smallest absolute Gasteiger partial charge is 0.255 e. The summed E-state index contributed by atoms with van der Waals surface area (Å²) in [5.41, 5.74) is 3.56. The monoisotopic (exact) mass is 317 g/mol. The van der Waals surface area contributed by atoms with Gasteiger partial charge in [0.2, 0.25) is 0 Å². The third-order valence-electron chi connectivity index (χ3n) is 3.62. The fraction of sp³-hybridized carbons (Fsp3) is 0.100. The minimum Gasteiger partial charge on any atom is -0.366 e. The number of aryl methyl sites for hydroxylation is 1. The summed E-state index contributed by atoms with van der Waals surface area (Å²) in [6, 6.07) is 21.3. The van der Waals surface area contributed by atoms with Crippen molar-refractivity contribution in [3.63, 3.8) is 0 Å². The first-order chi connectivity index (χ1) is 11.7. The predicted molar refractivity (Wildman–Crippen MR) is 97.1 cm³/mol. The van der Waals surface area contributed by atoms with Gasteiger partial charge in [-0.3, -0.25) is 4.79 Å². The topological polar surface area (TPSA) is 54.0 Å². The van der Waals surface area contributed by atoms with Crippen LogP contribution in [0.4, 0.5) is 11.5 Å². The van der Waals surface area contributed by atoms with Crippen molar-refractivity contribution in [2.75, 3.05) is 10.6 Å². The second-order valence-corrected chi connectivity index (χ2v) is 5.59. The van der Waals surface area contributed by atoms with Crippen LogP contribution in [-0.4, -0.2) is 10.9 Å². The number of rotatable bonds is 5. The molecule has 4 heteroatoms. The molecule has 0 spiro atoms. The summed E-state index contributed by atoms with van der Waals surface area (Å²) in [7, 11) is 0. The van der Waals surface area contributed by atoms with Crippen LogP contribution in [0, 0.1) is 6.92 Å². The number of benzene rings is 2. The molecule has 0 aliphatic rings. The van der Waals surface area contributed by atoms with E-state index in [2.05, 4.69) is 27.8 Å². The van der Waals surface area contributed by atoms with Gasteiger partial charge in [0.1, 0.15) is 5.82 Å². The Labute approximate surface area is 141 Å². The van der Waals surface area contributed by atoms with Crippen molar-refractivity contribution in [1.29, 1.82) is 0 Å². The van der Waals surface area contributed by atoms with E-state index in [1.54, 1.807) is 12.3 Å². The van der Waals surface area contributed by atoms with Gasteiger partial charge in [-0.2, -0.15) is 0 Å². The summed E-state index contributed by atoms with van der Waals surface area (Å²) in [6.07, 6.45) is 1.65. The lowest BCUT2D eigenvalue weighted by atomic mass is 10.1. The zero-order valence-electron chi connectivity index (χ0n) is 13.5. The number of anilines is 2. The zero-order valence-corrected chi connectivity index (χ0v) is 13.5. The molecule has 0 aliphatic carbocycles. The second-order valence-electron chi connectivity index (χ2n) is 5.59. The fourth-order valence-electron chi connectivity index (χ4n) is 2.35. The van der Waals surface area contributed by atoms with E-state index in [0.717, 1.165) is 11.4 Å². The fourth-order valence-corrected chi connectivity index (χ4v) is 2.35. The van der Waals surface area contributed by atoms with Gasteiger partial charge in [-0.1, -0.05) is 48.0 Å². The Morgan fingerprint density at radius 1 is 1.00 bits per heavy atom. The van der Waals surface area contributed by atoms with Crippen molar-refractivity contribution in [3.05, 3.63) is 89.6 Å². The first-order valence-corrected chi connectivity index (χ1v) is 7.82. The van der Waals surface area contributed by atoms with Crippen LogP contribution in [0.15, 0.2) is 72.9 Å². The minimum absolute atomic E-state index is 0.134. The van der Waals surface area contributed by atoms with Gasteiger partial charge in [0.25, 0.3) is 5.91 Å². The molecule has 1 aromatic heterocycles. The molecule has 0 fully saturated rings. The van der Waals surface area contributed by atoms with Crippen molar-refractivity contribution < 1.29 is 4.79 Å². The average molecular weight is 317 g/mol. The van der Waals surface area contributed by atoms with Crippen molar-refractivity contribution >= 4 is 17.4 Å². The Morgan fingerprint density at radius 2 is 1.83 bits per heavy atom. The van der Waals surface area contributed by atoms with Crippen molar-refractivity contribution in [3.8, 4) is 0 Å². The standard InChI is InChI=1S/C20H19N3O/c1-15-6-5-9-17(12-15)20(24)23-18-10-11-19(22-14-18)21-13-16-7-3-2-4-8-16/h2-12,14H,13H2,1H3,(H,21,22)(H,23,24). The molecule has 0 bridgehead atoms. The molecular formula is C20H19N3O. The van der Waals surface area contributed by atoms with Gasteiger partial charge >= 0.3 is 0 Å². The molecule has 3 rings (SSSR count). The third kappa shape index (κ3) is 4.20. The zero-order chi connectivity index (χ0) is 16.8. The highest BCUT2D eigenvalue weighted by molar-refractivity contribution is 6.04. The van der Waals surface area contributed by atoms with Crippen LogP contribution in [0.25, 0.3) is 0 Å². The van der Waals surface area contributed by atoms with Gasteiger partial charge < -0.3 is 10.6 Å². The van der Waals surface area contributed by atoms with Gasteiger partial charge in [-0.15, -0.1) is 0 Å². The molecule has 120 valence electrons. The van der Waals surface area contributed by atoms with Crippen LogP contribution >= 0.6 is 0 Å². The summed E-state index contributed by atoms with van der Waals surface area (Å²) in [5, 5.41) is 6.11. The maximum absolute atomic E-state index is 12.2. The van der Waals surface area contributed by atoms with E-state index >= 15 is 0 Å². The molecule has 3 aromatic rings. The minimum atomic E-state index is -0.134. The normalized spacial score (nSPS) is 10.2. The molecule has 4 nitrogen and oxygen atoms in total. The van der Waals surface area contributed by atoms with Crippen LogP contribution in [0.3, 0.4) is 0 Å². The number of nitrogens with one attached hydrogen (secondary N) is 2. The van der Waals surface area contributed by atoms with Crippen LogP contribution < -0.4 is 10.6 Å². The molecule has 1 amide bonds. The second kappa shape index (κ2) is 7.42. The molecular weight excluding hydrogens is 298 g/mol. The highest BCUT2D eigenvalue weighted by atomic mass is 16.1. The van der Waals surface area contributed by atoms with Crippen molar-refractivity contribution in [1.82, 2.24) is 4.98 Å². The number of carbonyl (C=O) groups is 1. The average Bonchev–Trinajstić information content (AvgIpc) is 2.62. The van der Waals surface area contributed by atoms with Crippen molar-refractivity contribution in [2.45, 2.75) is 13.5 Å². The molecule has 0 saturated carbocycles. The molecule has 0 saturated heterocycles. The van der Waals surface area contributed by atoms with E-state index < -0.39 is 0 Å². The molecule has 24 heavy (non-hydrogen) atoms. The maximum Gasteiger partial charge on any atom is 0.255 e. The summed E-state index contributed by atoms with van der Waals surface area (Å²) in [6.45, 7) is 2.67. The third-order valence-corrected chi connectivity index (χ3v) is 3.62. The molecule has 0 atom stereocenters. The van der Waals surface area contributed by atoms with E-state index in [1.165, 1.54) is 5.56 Å². The Kier molecular flexibility index (Phi) is 4.87. The number of carbonyl (C=O) groups excluding carboxylic acids is 1. The predicted octanol–water partition coefficient (Wildman–Crippen LogP) is 4.25. The number of nitrogens with zero attached hydrogens (tertiary/aromatic N) is 1. The van der Waals surface area contributed by atoms with Crippen LogP contribution in [-0.2, 0) is 6.54 Å². The Bertz CT molecular complexity index is 814. The van der Waals surface area contributed by atoms with E-state index in [-0.39, 0.29) is 5.91 Å². The van der Waals surface area contributed by atoms with E-state index in [9.17, 15) is 4.79 Å². The first kappa shape index (κ1) is 15.7. The van der Waals surface area contributed by atoms with Crippen LogP contribution in [0.1, 0.15) is 21.5 Å². The molecule has 0 radical (unpaired) electrons. The first-order valence-electron chi connectivity index (χ1n) is 7.82. The van der Waals surface area contributed by atoms with E-state index in [0.29, 0.717) is 17.8 Å². The van der Waals surface area contributed by atoms with Crippen molar-refractivity contribution in [2.24, 2.45) is 0 Å². The Hall–Kier alpha value is -3.14. The van der Waals surface area contributed by atoms with Gasteiger partial charge in [0, 0.05) is 12.1 Å². The van der Waals surface area contributed by atoms with Gasteiger partial charge in [-0.25, -0.2) is 4.98 Å². The largest absolute Gasteiger partial charge is 0.366 e.